The van der Waals surface area contributed by atoms with Crippen molar-refractivity contribution in [3.63, 3.8) is 0 Å². The van der Waals surface area contributed by atoms with Crippen LogP contribution >= 0.6 is 0 Å². The van der Waals surface area contributed by atoms with Gasteiger partial charge in [-0.1, -0.05) is 26.0 Å². The monoisotopic (exact) mass is 675 g/mol. The van der Waals surface area contributed by atoms with Gasteiger partial charge in [0.2, 0.25) is 5.89 Å². The van der Waals surface area contributed by atoms with Gasteiger partial charge in [-0.25, -0.2) is 13.8 Å². The first-order valence-electron chi connectivity index (χ1n) is 17.0. The number of oxazole rings is 1. The second-order valence-corrected chi connectivity index (χ2v) is 12.0. The molecule has 262 valence electrons. The summed E-state index contributed by atoms with van der Waals surface area (Å²) in [6, 6.07) is 15.0. The van der Waals surface area contributed by atoms with Gasteiger partial charge in [0, 0.05) is 67.7 Å². The number of amides is 2. The van der Waals surface area contributed by atoms with Gasteiger partial charge in [-0.3, -0.25) is 9.59 Å². The standard InChI is InChI=1S/C38H47F2N5O4/c1-5-13-45(14-6-2)38(48)30-21-28(20-29(22-30)37-42-12-15-49-37)36(47)43-34(19-27-16-31(39)23-32(40)17-27)35(46)25-41-24-26-10-9-11-33(18-26)44(7-3)8-4/h9-12,15-18,20-23,34-35,41,46H,5-8,13-14,19,24-25H2,1-4H3,(H,43,47)/t34-,35+/m1/s1. The van der Waals surface area contributed by atoms with Crippen LogP contribution in [0.1, 0.15) is 72.4 Å². The Morgan fingerprint density at radius 1 is 0.898 bits per heavy atom. The molecule has 0 radical (unpaired) electrons. The van der Waals surface area contributed by atoms with Crippen molar-refractivity contribution in [3.8, 4) is 11.5 Å². The molecule has 0 aliphatic heterocycles. The number of nitrogens with one attached hydrogen (secondary N) is 2. The molecule has 3 aromatic carbocycles. The molecule has 0 aliphatic carbocycles. The number of nitrogens with zero attached hydrogens (tertiary/aromatic N) is 3. The van der Waals surface area contributed by atoms with Gasteiger partial charge < -0.3 is 30.0 Å². The molecule has 0 spiro atoms. The van der Waals surface area contributed by atoms with E-state index in [1.54, 1.807) is 17.0 Å². The minimum absolute atomic E-state index is 0.0489. The summed E-state index contributed by atoms with van der Waals surface area (Å²) in [4.78, 5) is 35.7. The molecule has 9 nitrogen and oxygen atoms in total. The maximum absolute atomic E-state index is 14.2. The fourth-order valence-electron chi connectivity index (χ4n) is 5.89. The highest BCUT2D eigenvalue weighted by Gasteiger charge is 2.25. The van der Waals surface area contributed by atoms with Crippen LogP contribution in [0, 0.1) is 11.6 Å². The summed E-state index contributed by atoms with van der Waals surface area (Å²) < 4.78 is 33.8. The van der Waals surface area contributed by atoms with Crippen molar-refractivity contribution in [2.24, 2.45) is 0 Å². The van der Waals surface area contributed by atoms with Crippen LogP contribution in [0.2, 0.25) is 0 Å². The van der Waals surface area contributed by atoms with E-state index in [9.17, 15) is 23.5 Å². The van der Waals surface area contributed by atoms with E-state index in [4.69, 9.17) is 4.42 Å². The average molecular weight is 676 g/mol. The number of aromatic nitrogens is 1. The summed E-state index contributed by atoms with van der Waals surface area (Å²) in [6.07, 6.45) is 3.24. The molecule has 0 fully saturated rings. The molecule has 4 rings (SSSR count). The molecular weight excluding hydrogens is 628 g/mol. The predicted octanol–water partition coefficient (Wildman–Crippen LogP) is 6.22. The first-order valence-corrected chi connectivity index (χ1v) is 17.0. The third-order valence-corrected chi connectivity index (χ3v) is 8.28. The Morgan fingerprint density at radius 3 is 2.22 bits per heavy atom. The Labute approximate surface area is 287 Å². The predicted molar refractivity (Wildman–Crippen MR) is 187 cm³/mol. The van der Waals surface area contributed by atoms with Crippen molar-refractivity contribution in [1.29, 1.82) is 0 Å². The number of carbonyl (C=O) groups is 2. The van der Waals surface area contributed by atoms with Crippen LogP contribution in [0.15, 0.2) is 77.5 Å². The molecule has 0 saturated carbocycles. The second-order valence-electron chi connectivity index (χ2n) is 12.0. The van der Waals surface area contributed by atoms with Crippen LogP contribution in [0.25, 0.3) is 11.5 Å². The third-order valence-electron chi connectivity index (χ3n) is 8.28. The maximum Gasteiger partial charge on any atom is 0.253 e. The smallest absolute Gasteiger partial charge is 0.253 e. The lowest BCUT2D eigenvalue weighted by atomic mass is 9.99. The lowest BCUT2D eigenvalue weighted by Gasteiger charge is -2.26. The molecule has 0 unspecified atom stereocenters. The van der Waals surface area contributed by atoms with Gasteiger partial charge in [-0.2, -0.15) is 0 Å². The largest absolute Gasteiger partial charge is 0.445 e. The Morgan fingerprint density at radius 2 is 1.59 bits per heavy atom. The molecule has 0 bridgehead atoms. The number of halogens is 2. The van der Waals surface area contributed by atoms with Crippen molar-refractivity contribution in [2.75, 3.05) is 37.6 Å². The van der Waals surface area contributed by atoms with Crippen molar-refractivity contribution < 1.29 is 27.9 Å². The zero-order chi connectivity index (χ0) is 35.3. The molecule has 4 aromatic rings. The number of carbonyl (C=O) groups excluding carboxylic acids is 2. The highest BCUT2D eigenvalue weighted by atomic mass is 19.1. The molecule has 1 aromatic heterocycles. The van der Waals surface area contributed by atoms with E-state index in [1.165, 1.54) is 30.7 Å². The normalized spacial score (nSPS) is 12.4. The lowest BCUT2D eigenvalue weighted by Crippen LogP contribution is -2.48. The van der Waals surface area contributed by atoms with Crippen molar-refractivity contribution in [3.05, 3.63) is 107 Å². The van der Waals surface area contributed by atoms with Crippen LogP contribution < -0.4 is 15.5 Å². The van der Waals surface area contributed by atoms with Crippen LogP contribution in [0.3, 0.4) is 0 Å². The van der Waals surface area contributed by atoms with E-state index in [1.807, 2.05) is 26.0 Å². The number of hydrogen-bond acceptors (Lipinski definition) is 7. The van der Waals surface area contributed by atoms with Gasteiger partial charge in [0.05, 0.1) is 18.3 Å². The van der Waals surface area contributed by atoms with Gasteiger partial charge in [0.1, 0.15) is 17.9 Å². The highest BCUT2D eigenvalue weighted by molar-refractivity contribution is 6.01. The van der Waals surface area contributed by atoms with Crippen LogP contribution in [-0.2, 0) is 13.0 Å². The zero-order valence-electron chi connectivity index (χ0n) is 28.7. The van der Waals surface area contributed by atoms with E-state index in [-0.39, 0.29) is 35.9 Å². The number of aliphatic hydroxyl groups is 1. The highest BCUT2D eigenvalue weighted by Crippen LogP contribution is 2.23. The molecule has 49 heavy (non-hydrogen) atoms. The Kier molecular flexibility index (Phi) is 13.8. The van der Waals surface area contributed by atoms with Gasteiger partial charge in [-0.15, -0.1) is 0 Å². The van der Waals surface area contributed by atoms with Crippen LogP contribution in [0.5, 0.6) is 0 Å². The molecule has 3 N–H and O–H groups in total. The van der Waals surface area contributed by atoms with Crippen molar-refractivity contribution >= 4 is 17.5 Å². The summed E-state index contributed by atoms with van der Waals surface area (Å²) in [5.41, 5.74) is 3.27. The molecule has 2 amide bonds. The van der Waals surface area contributed by atoms with E-state index in [0.29, 0.717) is 30.8 Å². The zero-order valence-corrected chi connectivity index (χ0v) is 28.7. The number of anilines is 1. The van der Waals surface area contributed by atoms with Gasteiger partial charge in [0.25, 0.3) is 11.8 Å². The summed E-state index contributed by atoms with van der Waals surface area (Å²) in [5.74, 6) is -2.08. The minimum Gasteiger partial charge on any atom is -0.445 e. The molecule has 2 atom stereocenters. The molecule has 0 saturated heterocycles. The first-order chi connectivity index (χ1) is 23.6. The second kappa shape index (κ2) is 18.2. The maximum atomic E-state index is 14.2. The fourth-order valence-corrected chi connectivity index (χ4v) is 5.89. The van der Waals surface area contributed by atoms with E-state index in [2.05, 4.69) is 46.5 Å². The number of aliphatic hydroxyl groups excluding tert-OH is 1. The van der Waals surface area contributed by atoms with Crippen LogP contribution in [0.4, 0.5) is 14.5 Å². The van der Waals surface area contributed by atoms with Crippen molar-refractivity contribution in [2.45, 2.75) is 65.6 Å². The van der Waals surface area contributed by atoms with Gasteiger partial charge in [0.15, 0.2) is 0 Å². The quantitative estimate of drug-likeness (QED) is 0.115. The van der Waals surface area contributed by atoms with E-state index >= 15 is 0 Å². The lowest BCUT2D eigenvalue weighted by molar-refractivity contribution is 0.0755. The first kappa shape index (κ1) is 37.2. The summed E-state index contributed by atoms with van der Waals surface area (Å²) in [6.45, 7) is 11.6. The number of benzene rings is 3. The molecule has 0 aliphatic rings. The summed E-state index contributed by atoms with van der Waals surface area (Å²) in [5, 5.41) is 17.5. The molecule has 1 heterocycles. The number of rotatable bonds is 18. The van der Waals surface area contributed by atoms with E-state index < -0.39 is 29.7 Å². The number of hydrogen-bond donors (Lipinski definition) is 3. The van der Waals surface area contributed by atoms with Crippen molar-refractivity contribution in [1.82, 2.24) is 20.5 Å². The SMILES string of the molecule is CCCN(CCC)C(=O)c1cc(C(=O)N[C@H](Cc2cc(F)cc(F)c2)[C@@H](O)CNCc2cccc(N(CC)CC)c2)cc(-c2ncco2)c1. The molecular formula is C38H47F2N5O4. The Bertz CT molecular complexity index is 1640. The topological polar surface area (TPSA) is 111 Å². The molecule has 11 heteroatoms. The summed E-state index contributed by atoms with van der Waals surface area (Å²) >= 11 is 0. The Hall–Kier alpha value is -4.61. The minimum atomic E-state index is -1.14. The average Bonchev–Trinajstić information content (AvgIpc) is 3.63. The fraction of sp³-hybridized carbons (Fsp3) is 0.395. The summed E-state index contributed by atoms with van der Waals surface area (Å²) in [7, 11) is 0. The van der Waals surface area contributed by atoms with Crippen LogP contribution in [-0.4, -0.2) is 71.7 Å². The Balaban J connectivity index is 1.59. The van der Waals surface area contributed by atoms with Gasteiger partial charge >= 0.3 is 0 Å². The van der Waals surface area contributed by atoms with E-state index in [0.717, 1.165) is 43.2 Å². The van der Waals surface area contributed by atoms with Gasteiger partial charge in [-0.05, 0) is 86.7 Å². The third kappa shape index (κ3) is 10.4.